The molecule has 1 unspecified atom stereocenters. The summed E-state index contributed by atoms with van der Waals surface area (Å²) in [6.45, 7) is 6.06. The van der Waals surface area contributed by atoms with E-state index in [1.165, 1.54) is 11.4 Å². The number of thioether (sulfide) groups is 1. The number of nitrogens with one attached hydrogen (secondary N) is 2. The standard InChI is InChI=1S/C17H28N4S.HI/c1-3-18-17(19-11-7-13-22-2)20-15-10-12-21(14-15)16-8-5-4-6-9-16;/h4-6,8-9,15H,3,7,10-14H2,1-2H3,(H2,18,19,20);1H. The Bertz CT molecular complexity index is 455. The second-order valence-corrected chi connectivity index (χ2v) is 6.50. The Kier molecular flexibility index (Phi) is 10.5. The predicted octanol–water partition coefficient (Wildman–Crippen LogP) is 3.19. The van der Waals surface area contributed by atoms with Gasteiger partial charge in [0.05, 0.1) is 0 Å². The van der Waals surface area contributed by atoms with E-state index in [0.29, 0.717) is 6.04 Å². The molecule has 2 N–H and O–H groups in total. The highest BCUT2D eigenvalue weighted by Gasteiger charge is 2.23. The van der Waals surface area contributed by atoms with E-state index < -0.39 is 0 Å². The Labute approximate surface area is 161 Å². The van der Waals surface area contributed by atoms with Gasteiger partial charge in [0.2, 0.25) is 0 Å². The topological polar surface area (TPSA) is 39.7 Å². The van der Waals surface area contributed by atoms with Crippen LogP contribution in [0.15, 0.2) is 35.3 Å². The normalized spacial score (nSPS) is 17.7. The van der Waals surface area contributed by atoms with Gasteiger partial charge in [-0.2, -0.15) is 11.8 Å². The van der Waals surface area contributed by atoms with Crippen molar-refractivity contribution in [3.05, 3.63) is 30.3 Å². The minimum Gasteiger partial charge on any atom is -0.369 e. The molecule has 2 rings (SSSR count). The van der Waals surface area contributed by atoms with Gasteiger partial charge in [-0.25, -0.2) is 0 Å². The summed E-state index contributed by atoms with van der Waals surface area (Å²) >= 11 is 1.88. The van der Waals surface area contributed by atoms with E-state index in [1.807, 2.05) is 11.8 Å². The van der Waals surface area contributed by atoms with Crippen molar-refractivity contribution in [2.24, 2.45) is 4.99 Å². The molecule has 1 aliphatic rings. The van der Waals surface area contributed by atoms with Crippen LogP contribution in [-0.4, -0.2) is 50.2 Å². The van der Waals surface area contributed by atoms with E-state index in [9.17, 15) is 0 Å². The van der Waals surface area contributed by atoms with Crippen molar-refractivity contribution in [2.75, 3.05) is 43.1 Å². The predicted molar refractivity (Wildman–Crippen MR) is 115 cm³/mol. The quantitative estimate of drug-likeness (QED) is 0.291. The number of rotatable bonds is 7. The zero-order valence-electron chi connectivity index (χ0n) is 14.1. The van der Waals surface area contributed by atoms with E-state index in [-0.39, 0.29) is 24.0 Å². The van der Waals surface area contributed by atoms with Crippen molar-refractivity contribution in [1.29, 1.82) is 0 Å². The van der Waals surface area contributed by atoms with Gasteiger partial charge in [-0.15, -0.1) is 24.0 Å². The van der Waals surface area contributed by atoms with Crippen molar-refractivity contribution in [1.82, 2.24) is 10.6 Å². The molecule has 0 saturated carbocycles. The molecule has 0 spiro atoms. The molecule has 0 amide bonds. The first-order valence-corrected chi connectivity index (χ1v) is 9.56. The maximum absolute atomic E-state index is 4.67. The average Bonchev–Trinajstić information content (AvgIpc) is 3.01. The monoisotopic (exact) mass is 448 g/mol. The second-order valence-electron chi connectivity index (χ2n) is 5.52. The number of halogens is 1. The third kappa shape index (κ3) is 7.20. The number of hydrogen-bond acceptors (Lipinski definition) is 3. The van der Waals surface area contributed by atoms with Crippen LogP contribution < -0.4 is 15.5 Å². The van der Waals surface area contributed by atoms with E-state index in [0.717, 1.165) is 45.0 Å². The van der Waals surface area contributed by atoms with Crippen molar-refractivity contribution in [3.63, 3.8) is 0 Å². The van der Waals surface area contributed by atoms with Crippen LogP contribution in [0.3, 0.4) is 0 Å². The smallest absolute Gasteiger partial charge is 0.191 e. The van der Waals surface area contributed by atoms with Crippen LogP contribution in [0.1, 0.15) is 19.8 Å². The summed E-state index contributed by atoms with van der Waals surface area (Å²) in [5.74, 6) is 2.14. The first-order chi connectivity index (χ1) is 10.8. The third-order valence-corrected chi connectivity index (χ3v) is 4.47. The first-order valence-electron chi connectivity index (χ1n) is 8.17. The summed E-state index contributed by atoms with van der Waals surface area (Å²) in [6, 6.07) is 11.1. The van der Waals surface area contributed by atoms with Gasteiger partial charge in [-0.05, 0) is 43.9 Å². The van der Waals surface area contributed by atoms with Gasteiger partial charge in [0.15, 0.2) is 5.96 Å². The van der Waals surface area contributed by atoms with Gasteiger partial charge in [-0.1, -0.05) is 18.2 Å². The molecular formula is C17H29IN4S. The van der Waals surface area contributed by atoms with Crippen LogP contribution in [-0.2, 0) is 0 Å². The van der Waals surface area contributed by atoms with Gasteiger partial charge in [0.25, 0.3) is 0 Å². The lowest BCUT2D eigenvalue weighted by molar-refractivity contribution is 0.649. The Balaban J connectivity index is 0.00000264. The molecule has 130 valence electrons. The number of hydrogen-bond donors (Lipinski definition) is 2. The number of guanidine groups is 1. The zero-order chi connectivity index (χ0) is 15.6. The van der Waals surface area contributed by atoms with Crippen LogP contribution in [0.4, 0.5) is 5.69 Å². The largest absolute Gasteiger partial charge is 0.369 e. The van der Waals surface area contributed by atoms with Crippen LogP contribution in [0.2, 0.25) is 0 Å². The number of benzene rings is 1. The molecule has 0 bridgehead atoms. The van der Waals surface area contributed by atoms with Crippen LogP contribution in [0, 0.1) is 0 Å². The molecule has 6 heteroatoms. The Morgan fingerprint density at radius 3 is 2.83 bits per heavy atom. The average molecular weight is 448 g/mol. The van der Waals surface area contributed by atoms with E-state index >= 15 is 0 Å². The lowest BCUT2D eigenvalue weighted by Crippen LogP contribution is -2.44. The molecule has 23 heavy (non-hydrogen) atoms. The highest BCUT2D eigenvalue weighted by atomic mass is 127. The molecular weight excluding hydrogens is 419 g/mol. The summed E-state index contributed by atoms with van der Waals surface area (Å²) in [6.07, 6.45) is 4.44. The van der Waals surface area contributed by atoms with Gasteiger partial charge in [-0.3, -0.25) is 4.99 Å². The van der Waals surface area contributed by atoms with Gasteiger partial charge >= 0.3 is 0 Å². The molecule has 1 fully saturated rings. The highest BCUT2D eigenvalue weighted by Crippen LogP contribution is 2.19. The fraction of sp³-hybridized carbons (Fsp3) is 0.588. The van der Waals surface area contributed by atoms with Gasteiger partial charge in [0, 0.05) is 37.9 Å². The van der Waals surface area contributed by atoms with Gasteiger partial charge in [0.1, 0.15) is 0 Å². The fourth-order valence-corrected chi connectivity index (χ4v) is 3.08. The summed E-state index contributed by atoms with van der Waals surface area (Å²) in [4.78, 5) is 7.11. The van der Waals surface area contributed by atoms with Crippen molar-refractivity contribution in [2.45, 2.75) is 25.8 Å². The van der Waals surface area contributed by atoms with E-state index in [4.69, 9.17) is 0 Å². The summed E-state index contributed by atoms with van der Waals surface area (Å²) < 4.78 is 0. The molecule has 0 aromatic heterocycles. The van der Waals surface area contributed by atoms with Crippen molar-refractivity contribution in [3.8, 4) is 0 Å². The maximum atomic E-state index is 4.67. The van der Waals surface area contributed by atoms with Crippen molar-refractivity contribution >= 4 is 47.4 Å². The molecule has 1 aromatic carbocycles. The minimum atomic E-state index is 0. The van der Waals surface area contributed by atoms with Crippen LogP contribution in [0.25, 0.3) is 0 Å². The van der Waals surface area contributed by atoms with E-state index in [2.05, 4.69) is 64.0 Å². The molecule has 1 heterocycles. The molecule has 0 radical (unpaired) electrons. The number of para-hydroxylation sites is 1. The lowest BCUT2D eigenvalue weighted by Gasteiger charge is -2.20. The molecule has 4 nitrogen and oxygen atoms in total. The fourth-order valence-electron chi connectivity index (χ4n) is 2.66. The lowest BCUT2D eigenvalue weighted by atomic mass is 10.3. The Morgan fingerprint density at radius 2 is 2.13 bits per heavy atom. The first kappa shape index (κ1) is 20.4. The number of anilines is 1. The van der Waals surface area contributed by atoms with Crippen LogP contribution in [0.5, 0.6) is 0 Å². The number of nitrogens with zero attached hydrogens (tertiary/aromatic N) is 2. The SMILES string of the molecule is CCNC(=NCCCSC)NC1CCN(c2ccccc2)C1.I. The second kappa shape index (κ2) is 11.8. The number of aliphatic imine (C=N–C) groups is 1. The Hall–Kier alpha value is -0.630. The molecule has 1 aromatic rings. The van der Waals surface area contributed by atoms with Gasteiger partial charge < -0.3 is 15.5 Å². The molecule has 1 atom stereocenters. The Morgan fingerprint density at radius 1 is 1.35 bits per heavy atom. The third-order valence-electron chi connectivity index (χ3n) is 3.77. The minimum absolute atomic E-state index is 0. The maximum Gasteiger partial charge on any atom is 0.191 e. The molecule has 1 aliphatic heterocycles. The highest BCUT2D eigenvalue weighted by molar-refractivity contribution is 14.0. The zero-order valence-corrected chi connectivity index (χ0v) is 17.3. The molecule has 0 aliphatic carbocycles. The molecule has 1 saturated heterocycles. The summed E-state index contributed by atoms with van der Waals surface area (Å²) in [5, 5.41) is 6.94. The van der Waals surface area contributed by atoms with Crippen LogP contribution >= 0.6 is 35.7 Å². The van der Waals surface area contributed by atoms with Crippen molar-refractivity contribution < 1.29 is 0 Å². The van der Waals surface area contributed by atoms with E-state index in [1.54, 1.807) is 0 Å². The summed E-state index contributed by atoms with van der Waals surface area (Å²) in [7, 11) is 0. The summed E-state index contributed by atoms with van der Waals surface area (Å²) in [5.41, 5.74) is 1.31.